The van der Waals surface area contributed by atoms with Gasteiger partial charge in [0.1, 0.15) is 5.75 Å². The summed E-state index contributed by atoms with van der Waals surface area (Å²) in [5.74, 6) is 0.406. The van der Waals surface area contributed by atoms with Crippen LogP contribution in [0, 0.1) is 0 Å². The Morgan fingerprint density at radius 1 is 1.25 bits per heavy atom. The van der Waals surface area contributed by atoms with Gasteiger partial charge in [0.15, 0.2) is 5.78 Å². The Hall–Kier alpha value is -2.33. The molecule has 0 spiro atoms. The Kier molecular flexibility index (Phi) is 4.38. The molecule has 0 amide bonds. The molecule has 2 rings (SSSR count). The average Bonchev–Trinajstić information content (AvgIpc) is 2.49. The maximum absolute atomic E-state index is 12.5. The molecule has 0 aliphatic rings. The van der Waals surface area contributed by atoms with Gasteiger partial charge in [-0.1, -0.05) is 30.3 Å². The fraction of sp³-hybridized carbons (Fsp3) is 0.188. The molecule has 20 heavy (non-hydrogen) atoms. The molecule has 0 aliphatic carbocycles. The van der Waals surface area contributed by atoms with Crippen molar-refractivity contribution in [1.29, 1.82) is 0 Å². The highest BCUT2D eigenvalue weighted by Gasteiger charge is 2.16. The molecule has 0 bridgehead atoms. The second-order valence-electron chi connectivity index (χ2n) is 4.42. The summed E-state index contributed by atoms with van der Waals surface area (Å²) in [7, 11) is 1.53. The van der Waals surface area contributed by atoms with E-state index < -0.39 is 0 Å². The molecule has 0 aliphatic heterocycles. The number of methoxy groups -OCH3 is 1. The largest absolute Gasteiger partial charge is 0.497 e. The van der Waals surface area contributed by atoms with Gasteiger partial charge in [0.05, 0.1) is 7.11 Å². The van der Waals surface area contributed by atoms with Gasteiger partial charge in [-0.3, -0.25) is 4.79 Å². The highest BCUT2D eigenvalue weighted by molar-refractivity contribution is 6.12. The van der Waals surface area contributed by atoms with E-state index in [0.29, 0.717) is 34.5 Å². The predicted octanol–water partition coefficient (Wildman–Crippen LogP) is 2.04. The van der Waals surface area contributed by atoms with Crippen LogP contribution in [0.3, 0.4) is 0 Å². The number of nitrogen functional groups attached to an aromatic ring is 1. The molecule has 0 fully saturated rings. The number of hydrogen-bond donors (Lipinski definition) is 2. The Balaban J connectivity index is 2.50. The van der Waals surface area contributed by atoms with Crippen molar-refractivity contribution in [2.45, 2.75) is 6.42 Å². The van der Waals surface area contributed by atoms with E-state index in [4.69, 9.17) is 15.6 Å². The summed E-state index contributed by atoms with van der Waals surface area (Å²) >= 11 is 0. The first kappa shape index (κ1) is 14.1. The summed E-state index contributed by atoms with van der Waals surface area (Å²) in [6.45, 7) is -0.0314. The number of nitrogens with two attached hydrogens (primary N) is 1. The molecule has 4 nitrogen and oxygen atoms in total. The summed E-state index contributed by atoms with van der Waals surface area (Å²) in [5, 5.41) is 9.07. The first-order valence-electron chi connectivity index (χ1n) is 6.34. The summed E-state index contributed by atoms with van der Waals surface area (Å²) < 4.78 is 5.19. The van der Waals surface area contributed by atoms with E-state index in [1.165, 1.54) is 7.11 Å². The molecule has 0 aromatic heterocycles. The van der Waals surface area contributed by atoms with Crippen molar-refractivity contribution in [3.05, 3.63) is 59.2 Å². The number of aliphatic hydroxyl groups is 1. The molecule has 0 saturated carbocycles. The van der Waals surface area contributed by atoms with Crippen LogP contribution < -0.4 is 10.5 Å². The van der Waals surface area contributed by atoms with Gasteiger partial charge in [-0.05, 0) is 24.1 Å². The van der Waals surface area contributed by atoms with E-state index >= 15 is 0 Å². The maximum atomic E-state index is 12.5. The summed E-state index contributed by atoms with van der Waals surface area (Å²) in [5.41, 5.74) is 8.13. The van der Waals surface area contributed by atoms with E-state index in [9.17, 15) is 4.79 Å². The molecule has 0 radical (unpaired) electrons. The lowest BCUT2D eigenvalue weighted by Gasteiger charge is -2.12. The highest BCUT2D eigenvalue weighted by Crippen LogP contribution is 2.27. The number of carbonyl (C=O) groups excluding carboxylic acids is 1. The minimum atomic E-state index is -0.152. The van der Waals surface area contributed by atoms with Gasteiger partial charge in [0, 0.05) is 23.4 Å². The van der Waals surface area contributed by atoms with E-state index in [0.717, 1.165) is 0 Å². The third kappa shape index (κ3) is 2.81. The molecular weight excluding hydrogens is 254 g/mol. The van der Waals surface area contributed by atoms with Gasteiger partial charge in [-0.2, -0.15) is 0 Å². The van der Waals surface area contributed by atoms with Crippen LogP contribution in [0.25, 0.3) is 0 Å². The Morgan fingerprint density at radius 2 is 1.95 bits per heavy atom. The Bertz CT molecular complexity index is 609. The molecule has 2 aromatic rings. The van der Waals surface area contributed by atoms with E-state index in [2.05, 4.69) is 0 Å². The zero-order valence-corrected chi connectivity index (χ0v) is 11.3. The third-order valence-corrected chi connectivity index (χ3v) is 3.14. The van der Waals surface area contributed by atoms with Crippen molar-refractivity contribution < 1.29 is 14.6 Å². The number of hydrogen-bond acceptors (Lipinski definition) is 4. The van der Waals surface area contributed by atoms with Crippen molar-refractivity contribution >= 4 is 11.5 Å². The lowest BCUT2D eigenvalue weighted by molar-refractivity contribution is 0.103. The number of ketones is 1. The third-order valence-electron chi connectivity index (χ3n) is 3.14. The van der Waals surface area contributed by atoms with Crippen LogP contribution in [0.15, 0.2) is 42.5 Å². The molecular formula is C16H17NO3. The number of aliphatic hydroxyl groups excluding tert-OH is 1. The monoisotopic (exact) mass is 271 g/mol. The second-order valence-corrected chi connectivity index (χ2v) is 4.42. The molecule has 3 N–H and O–H groups in total. The molecule has 0 unspecified atom stereocenters. The summed E-state index contributed by atoms with van der Waals surface area (Å²) in [6.07, 6.45) is 0.387. The van der Waals surface area contributed by atoms with Gasteiger partial charge in [-0.25, -0.2) is 0 Å². The summed E-state index contributed by atoms with van der Waals surface area (Å²) in [6, 6.07) is 12.3. The SMILES string of the molecule is COc1cc(CCO)c(N)c(C(=O)c2ccccc2)c1. The second kappa shape index (κ2) is 6.21. The number of ether oxygens (including phenoxy) is 1. The standard InChI is InChI=1S/C16H17NO3/c1-20-13-9-12(7-8-18)15(17)14(10-13)16(19)11-5-3-2-4-6-11/h2-6,9-10,18H,7-8,17H2,1H3. The average molecular weight is 271 g/mol. The molecule has 0 saturated heterocycles. The van der Waals surface area contributed by atoms with Crippen molar-refractivity contribution in [3.63, 3.8) is 0 Å². The van der Waals surface area contributed by atoms with Crippen LogP contribution in [0.4, 0.5) is 5.69 Å². The minimum absolute atomic E-state index is 0.0314. The normalized spacial score (nSPS) is 10.3. The lowest BCUT2D eigenvalue weighted by atomic mass is 9.97. The lowest BCUT2D eigenvalue weighted by Crippen LogP contribution is -2.09. The van der Waals surface area contributed by atoms with Crippen molar-refractivity contribution in [1.82, 2.24) is 0 Å². The maximum Gasteiger partial charge on any atom is 0.195 e. The molecule has 0 atom stereocenters. The smallest absolute Gasteiger partial charge is 0.195 e. The molecule has 0 heterocycles. The van der Waals surface area contributed by atoms with Gasteiger partial charge < -0.3 is 15.6 Å². The van der Waals surface area contributed by atoms with Crippen molar-refractivity contribution in [2.75, 3.05) is 19.5 Å². The number of benzene rings is 2. The Morgan fingerprint density at radius 3 is 2.55 bits per heavy atom. The van der Waals surface area contributed by atoms with Gasteiger partial charge in [0.25, 0.3) is 0 Å². The number of anilines is 1. The quantitative estimate of drug-likeness (QED) is 0.645. The Labute approximate surface area is 117 Å². The van der Waals surface area contributed by atoms with Gasteiger partial charge >= 0.3 is 0 Å². The summed E-state index contributed by atoms with van der Waals surface area (Å²) in [4.78, 5) is 12.5. The highest BCUT2D eigenvalue weighted by atomic mass is 16.5. The first-order valence-corrected chi connectivity index (χ1v) is 6.34. The fourth-order valence-electron chi connectivity index (χ4n) is 2.06. The van der Waals surface area contributed by atoms with Crippen molar-refractivity contribution in [2.24, 2.45) is 0 Å². The van der Waals surface area contributed by atoms with Crippen LogP contribution >= 0.6 is 0 Å². The first-order chi connectivity index (χ1) is 9.67. The van der Waals surface area contributed by atoms with Crippen LogP contribution in [0.1, 0.15) is 21.5 Å². The zero-order valence-electron chi connectivity index (χ0n) is 11.3. The van der Waals surface area contributed by atoms with Crippen molar-refractivity contribution in [3.8, 4) is 5.75 Å². The number of carbonyl (C=O) groups is 1. The minimum Gasteiger partial charge on any atom is -0.497 e. The molecule has 104 valence electrons. The van der Waals surface area contributed by atoms with Gasteiger partial charge in [0.2, 0.25) is 0 Å². The van der Waals surface area contributed by atoms with Crippen LogP contribution in [-0.2, 0) is 6.42 Å². The van der Waals surface area contributed by atoms with Gasteiger partial charge in [-0.15, -0.1) is 0 Å². The van der Waals surface area contributed by atoms with E-state index in [-0.39, 0.29) is 12.4 Å². The van der Waals surface area contributed by atoms with Crippen LogP contribution in [0.5, 0.6) is 5.75 Å². The van der Waals surface area contributed by atoms with E-state index in [1.807, 2.05) is 6.07 Å². The topological polar surface area (TPSA) is 72.6 Å². The zero-order chi connectivity index (χ0) is 14.5. The molecule has 4 heteroatoms. The predicted molar refractivity (Wildman–Crippen MR) is 78.1 cm³/mol. The van der Waals surface area contributed by atoms with E-state index in [1.54, 1.807) is 36.4 Å². The molecule has 2 aromatic carbocycles. The van der Waals surface area contributed by atoms with Crippen LogP contribution in [-0.4, -0.2) is 24.6 Å². The number of rotatable bonds is 5. The fourth-order valence-corrected chi connectivity index (χ4v) is 2.06. The van der Waals surface area contributed by atoms with Crippen LogP contribution in [0.2, 0.25) is 0 Å².